The minimum Gasteiger partial charge on any atom is -0.497 e. The van der Waals surface area contributed by atoms with Crippen molar-refractivity contribution >= 4 is 22.4 Å². The van der Waals surface area contributed by atoms with Crippen LogP contribution in [0.25, 0.3) is 0 Å². The van der Waals surface area contributed by atoms with Crippen LogP contribution >= 0.6 is 11.5 Å². The minimum atomic E-state index is -0.516. The molecular formula is C23H27FN4O2S. The molecule has 2 aromatic carbocycles. The summed E-state index contributed by atoms with van der Waals surface area (Å²) in [7, 11) is 1.59. The zero-order valence-electron chi connectivity index (χ0n) is 17.9. The molecule has 0 spiro atoms. The number of hydrogen-bond donors (Lipinski definition) is 2. The molecule has 1 heterocycles. The number of methoxy groups -OCH3 is 1. The number of ether oxygens (including phenoxy) is 1. The zero-order valence-corrected chi connectivity index (χ0v) is 18.7. The lowest BCUT2D eigenvalue weighted by molar-refractivity contribution is 0.0962. The number of anilines is 1. The van der Waals surface area contributed by atoms with Gasteiger partial charge in [-0.05, 0) is 61.2 Å². The van der Waals surface area contributed by atoms with Gasteiger partial charge in [-0.25, -0.2) is 9.37 Å². The molecule has 0 saturated heterocycles. The number of ketones is 1. The highest BCUT2D eigenvalue weighted by Crippen LogP contribution is 2.21. The predicted molar refractivity (Wildman–Crippen MR) is 121 cm³/mol. The van der Waals surface area contributed by atoms with Gasteiger partial charge in [-0.1, -0.05) is 19.1 Å². The molecule has 0 fully saturated rings. The van der Waals surface area contributed by atoms with Gasteiger partial charge in [-0.15, -0.1) is 0 Å². The topological polar surface area (TPSA) is 90.1 Å². The molecule has 0 bridgehead atoms. The lowest BCUT2D eigenvalue weighted by atomic mass is 9.97. The van der Waals surface area contributed by atoms with Gasteiger partial charge < -0.3 is 15.8 Å². The lowest BCUT2D eigenvalue weighted by Crippen LogP contribution is -2.36. The number of nitrogens with one attached hydrogen (secondary N) is 1. The second-order valence-corrected chi connectivity index (χ2v) is 8.22. The SMILES string of the molecule is CCC(N)CC(Nc1nc(Cc2ccc(F)c(C)c2)ns1)C(=O)c1ccc(OC)cc1. The minimum absolute atomic E-state index is 0.0579. The van der Waals surface area contributed by atoms with Crippen molar-refractivity contribution in [3.8, 4) is 5.75 Å². The Labute approximate surface area is 185 Å². The molecule has 2 atom stereocenters. The van der Waals surface area contributed by atoms with E-state index in [9.17, 15) is 9.18 Å². The summed E-state index contributed by atoms with van der Waals surface area (Å²) in [6.45, 7) is 3.72. The van der Waals surface area contributed by atoms with Gasteiger partial charge in [0.15, 0.2) is 5.78 Å². The van der Waals surface area contributed by atoms with Crippen LogP contribution < -0.4 is 15.8 Å². The maximum Gasteiger partial charge on any atom is 0.203 e. The summed E-state index contributed by atoms with van der Waals surface area (Å²) in [5, 5.41) is 3.78. The highest BCUT2D eigenvalue weighted by Gasteiger charge is 2.24. The zero-order chi connectivity index (χ0) is 22.4. The van der Waals surface area contributed by atoms with E-state index in [4.69, 9.17) is 10.5 Å². The van der Waals surface area contributed by atoms with Crippen molar-refractivity contribution in [3.05, 3.63) is 70.8 Å². The van der Waals surface area contributed by atoms with Crippen molar-refractivity contribution in [3.63, 3.8) is 0 Å². The van der Waals surface area contributed by atoms with E-state index in [1.54, 1.807) is 50.4 Å². The molecular weight excluding hydrogens is 415 g/mol. The van der Waals surface area contributed by atoms with Crippen LogP contribution in [0.5, 0.6) is 5.75 Å². The molecule has 6 nitrogen and oxygen atoms in total. The summed E-state index contributed by atoms with van der Waals surface area (Å²) < 4.78 is 23.0. The summed E-state index contributed by atoms with van der Waals surface area (Å²) in [5.41, 5.74) is 8.24. The number of carbonyl (C=O) groups is 1. The van der Waals surface area contributed by atoms with Gasteiger partial charge in [0.2, 0.25) is 5.13 Å². The molecule has 3 N–H and O–H groups in total. The molecule has 2 unspecified atom stereocenters. The Morgan fingerprint density at radius 1 is 1.26 bits per heavy atom. The van der Waals surface area contributed by atoms with Gasteiger partial charge in [0, 0.05) is 29.6 Å². The van der Waals surface area contributed by atoms with Crippen LogP contribution in [-0.4, -0.2) is 34.3 Å². The molecule has 1 aromatic heterocycles. The first-order chi connectivity index (χ1) is 14.9. The van der Waals surface area contributed by atoms with E-state index < -0.39 is 6.04 Å². The highest BCUT2D eigenvalue weighted by molar-refractivity contribution is 7.09. The first-order valence-corrected chi connectivity index (χ1v) is 10.9. The number of aryl methyl sites for hydroxylation is 1. The maximum absolute atomic E-state index is 13.5. The van der Waals surface area contributed by atoms with Crippen LogP contribution in [0.2, 0.25) is 0 Å². The molecule has 3 aromatic rings. The third-order valence-corrected chi connectivity index (χ3v) is 5.79. The fourth-order valence-electron chi connectivity index (χ4n) is 3.19. The molecule has 0 aliphatic rings. The molecule has 0 radical (unpaired) electrons. The van der Waals surface area contributed by atoms with Crippen molar-refractivity contribution in [2.75, 3.05) is 12.4 Å². The summed E-state index contributed by atoms with van der Waals surface area (Å²) >= 11 is 1.20. The monoisotopic (exact) mass is 442 g/mol. The number of benzene rings is 2. The van der Waals surface area contributed by atoms with E-state index in [1.807, 2.05) is 6.92 Å². The van der Waals surface area contributed by atoms with E-state index in [-0.39, 0.29) is 17.6 Å². The van der Waals surface area contributed by atoms with Gasteiger partial charge in [0.1, 0.15) is 17.4 Å². The fraction of sp³-hybridized carbons (Fsp3) is 0.348. The van der Waals surface area contributed by atoms with Gasteiger partial charge >= 0.3 is 0 Å². The molecule has 0 saturated carbocycles. The van der Waals surface area contributed by atoms with Gasteiger partial charge in [-0.3, -0.25) is 4.79 Å². The van der Waals surface area contributed by atoms with Crippen molar-refractivity contribution < 1.29 is 13.9 Å². The first kappa shape index (κ1) is 22.8. The molecule has 164 valence electrons. The predicted octanol–water partition coefficient (Wildman–Crippen LogP) is 4.38. The Morgan fingerprint density at radius 2 is 2.00 bits per heavy atom. The quantitative estimate of drug-likeness (QED) is 0.453. The average molecular weight is 443 g/mol. The molecule has 0 aliphatic carbocycles. The van der Waals surface area contributed by atoms with Crippen LogP contribution in [0.3, 0.4) is 0 Å². The normalized spacial score (nSPS) is 12.9. The highest BCUT2D eigenvalue weighted by atomic mass is 32.1. The molecule has 8 heteroatoms. The van der Waals surface area contributed by atoms with Crippen LogP contribution in [0.15, 0.2) is 42.5 Å². The summed E-state index contributed by atoms with van der Waals surface area (Å²) in [6, 6.07) is 11.4. The third-order valence-electron chi connectivity index (χ3n) is 5.10. The van der Waals surface area contributed by atoms with Crippen LogP contribution in [-0.2, 0) is 6.42 Å². The summed E-state index contributed by atoms with van der Waals surface area (Å²) in [5.74, 6) is 1.02. The standard InChI is InChI=1S/C23H27FN4O2S/c1-4-17(25)13-20(22(29)16-6-8-18(30-3)9-7-16)26-23-27-21(28-31-23)12-15-5-10-19(24)14(2)11-15/h5-11,17,20H,4,12-13,25H2,1-3H3,(H,26,27,28). The van der Waals surface area contributed by atoms with E-state index in [2.05, 4.69) is 14.7 Å². The van der Waals surface area contributed by atoms with Crippen LogP contribution in [0.1, 0.15) is 47.1 Å². The van der Waals surface area contributed by atoms with Crippen LogP contribution in [0, 0.1) is 12.7 Å². The second-order valence-electron chi connectivity index (χ2n) is 7.47. The fourth-order valence-corrected chi connectivity index (χ4v) is 3.83. The van der Waals surface area contributed by atoms with E-state index in [0.717, 1.165) is 12.0 Å². The number of aromatic nitrogens is 2. The molecule has 31 heavy (non-hydrogen) atoms. The summed E-state index contributed by atoms with van der Waals surface area (Å²) in [4.78, 5) is 17.7. The van der Waals surface area contributed by atoms with E-state index in [0.29, 0.717) is 40.7 Å². The van der Waals surface area contributed by atoms with Gasteiger partial charge in [0.05, 0.1) is 13.2 Å². The average Bonchev–Trinajstić information content (AvgIpc) is 3.22. The smallest absolute Gasteiger partial charge is 0.203 e. The Bertz CT molecular complexity index is 1020. The Balaban J connectivity index is 1.74. The Morgan fingerprint density at radius 3 is 2.65 bits per heavy atom. The number of carbonyl (C=O) groups excluding carboxylic acids is 1. The second kappa shape index (κ2) is 10.5. The first-order valence-electron chi connectivity index (χ1n) is 10.2. The van der Waals surface area contributed by atoms with Gasteiger partial charge in [0.25, 0.3) is 0 Å². The Kier molecular flexibility index (Phi) is 7.70. The summed E-state index contributed by atoms with van der Waals surface area (Å²) in [6.07, 6.45) is 1.73. The number of nitrogens with two attached hydrogens (primary N) is 1. The van der Waals surface area contributed by atoms with Gasteiger partial charge in [-0.2, -0.15) is 4.37 Å². The number of halogens is 1. The third kappa shape index (κ3) is 6.08. The number of nitrogens with zero attached hydrogens (tertiary/aromatic N) is 2. The van der Waals surface area contributed by atoms with Crippen molar-refractivity contribution in [1.82, 2.24) is 9.36 Å². The lowest BCUT2D eigenvalue weighted by Gasteiger charge is -2.20. The van der Waals surface area contributed by atoms with E-state index >= 15 is 0 Å². The van der Waals surface area contributed by atoms with E-state index in [1.165, 1.54) is 17.6 Å². The number of Topliss-reactive ketones (excluding diaryl/α,β-unsaturated/α-hetero) is 1. The van der Waals surface area contributed by atoms with Crippen molar-refractivity contribution in [1.29, 1.82) is 0 Å². The number of rotatable bonds is 10. The molecule has 3 rings (SSSR count). The largest absolute Gasteiger partial charge is 0.497 e. The Hall–Kier alpha value is -2.84. The molecule has 0 amide bonds. The number of hydrogen-bond acceptors (Lipinski definition) is 7. The van der Waals surface area contributed by atoms with Crippen molar-refractivity contribution in [2.24, 2.45) is 5.73 Å². The molecule has 0 aliphatic heterocycles. The van der Waals surface area contributed by atoms with Crippen molar-refractivity contribution in [2.45, 2.75) is 45.2 Å². The van der Waals surface area contributed by atoms with Crippen LogP contribution in [0.4, 0.5) is 9.52 Å². The maximum atomic E-state index is 13.5.